The lowest BCUT2D eigenvalue weighted by molar-refractivity contribution is -0.119. The Balaban J connectivity index is 1.72. The first-order valence-electron chi connectivity index (χ1n) is 8.11. The van der Waals surface area contributed by atoms with Gasteiger partial charge in [0, 0.05) is 30.8 Å². The minimum absolute atomic E-state index is 0.0551. The van der Waals surface area contributed by atoms with Crippen molar-refractivity contribution in [3.63, 3.8) is 0 Å². The Morgan fingerprint density at radius 1 is 1.04 bits per heavy atom. The summed E-state index contributed by atoms with van der Waals surface area (Å²) in [5.41, 5.74) is 0.972. The van der Waals surface area contributed by atoms with Crippen molar-refractivity contribution >= 4 is 21.6 Å². The van der Waals surface area contributed by atoms with Gasteiger partial charge in [0.05, 0.1) is 4.90 Å². The third kappa shape index (κ3) is 4.05. The van der Waals surface area contributed by atoms with Crippen LogP contribution in [0.5, 0.6) is 0 Å². The van der Waals surface area contributed by atoms with Crippen molar-refractivity contribution < 1.29 is 17.6 Å². The number of piperidine rings is 1. The summed E-state index contributed by atoms with van der Waals surface area (Å²) in [6.07, 6.45) is 2.35. The third-order valence-corrected chi connectivity index (χ3v) is 5.61. The van der Waals surface area contributed by atoms with Gasteiger partial charge < -0.3 is 4.90 Å². The quantitative estimate of drug-likeness (QED) is 0.889. The monoisotopic (exact) mass is 362 g/mol. The van der Waals surface area contributed by atoms with E-state index in [1.165, 1.54) is 24.3 Å². The number of nitrogens with one attached hydrogen (secondary N) is 1. The molecule has 0 bridgehead atoms. The first-order chi connectivity index (χ1) is 12.0. The minimum atomic E-state index is -3.76. The SMILES string of the molecule is O=C1CCCCN1c1ccc(S(=O)(=O)NCc2ccccc2F)cc1. The Morgan fingerprint density at radius 3 is 2.44 bits per heavy atom. The van der Waals surface area contributed by atoms with E-state index in [0.717, 1.165) is 12.8 Å². The van der Waals surface area contributed by atoms with E-state index in [0.29, 0.717) is 18.7 Å². The van der Waals surface area contributed by atoms with Gasteiger partial charge in [-0.15, -0.1) is 0 Å². The smallest absolute Gasteiger partial charge is 0.240 e. The van der Waals surface area contributed by atoms with E-state index in [4.69, 9.17) is 0 Å². The van der Waals surface area contributed by atoms with Crippen molar-refractivity contribution in [1.82, 2.24) is 4.72 Å². The van der Waals surface area contributed by atoms with Crippen molar-refractivity contribution in [3.05, 3.63) is 59.9 Å². The molecular formula is C18H19FN2O3S. The molecule has 0 saturated carbocycles. The molecule has 3 rings (SSSR count). The molecule has 1 N–H and O–H groups in total. The summed E-state index contributed by atoms with van der Waals surface area (Å²) in [5, 5.41) is 0. The van der Waals surface area contributed by atoms with Crippen molar-refractivity contribution in [1.29, 1.82) is 0 Å². The maximum absolute atomic E-state index is 13.6. The predicted octanol–water partition coefficient (Wildman–Crippen LogP) is 2.82. The number of carbonyl (C=O) groups excluding carboxylic acids is 1. The van der Waals surface area contributed by atoms with Crippen LogP contribution in [0.15, 0.2) is 53.4 Å². The Morgan fingerprint density at radius 2 is 1.76 bits per heavy atom. The second kappa shape index (κ2) is 7.33. The van der Waals surface area contributed by atoms with Crippen molar-refractivity contribution in [3.8, 4) is 0 Å². The molecule has 1 aliphatic heterocycles. The van der Waals surface area contributed by atoms with Crippen molar-refractivity contribution in [2.45, 2.75) is 30.7 Å². The Kier molecular flexibility index (Phi) is 5.15. The second-order valence-corrected chi connectivity index (χ2v) is 7.68. The van der Waals surface area contributed by atoms with E-state index >= 15 is 0 Å². The third-order valence-electron chi connectivity index (χ3n) is 4.19. The fourth-order valence-corrected chi connectivity index (χ4v) is 3.79. The number of anilines is 1. The fourth-order valence-electron chi connectivity index (χ4n) is 2.78. The van der Waals surface area contributed by atoms with Gasteiger partial charge in [-0.25, -0.2) is 17.5 Å². The van der Waals surface area contributed by atoms with Gasteiger partial charge in [0.1, 0.15) is 5.82 Å². The summed E-state index contributed by atoms with van der Waals surface area (Å²) < 4.78 is 40.7. The lowest BCUT2D eigenvalue weighted by atomic mass is 10.1. The van der Waals surface area contributed by atoms with Crippen LogP contribution in [0.1, 0.15) is 24.8 Å². The molecule has 1 aliphatic rings. The molecule has 0 aliphatic carbocycles. The number of rotatable bonds is 5. The van der Waals surface area contributed by atoms with Crippen molar-refractivity contribution in [2.24, 2.45) is 0 Å². The fraction of sp³-hybridized carbons (Fsp3) is 0.278. The van der Waals surface area contributed by atoms with E-state index < -0.39 is 15.8 Å². The molecule has 0 aromatic heterocycles. The van der Waals surface area contributed by atoms with Gasteiger partial charge in [0.25, 0.3) is 0 Å². The number of amides is 1. The van der Waals surface area contributed by atoms with Crippen LogP contribution in [0.4, 0.5) is 10.1 Å². The lowest BCUT2D eigenvalue weighted by Gasteiger charge is -2.26. The second-order valence-electron chi connectivity index (χ2n) is 5.91. The van der Waals surface area contributed by atoms with Crippen LogP contribution in [-0.4, -0.2) is 20.9 Å². The molecule has 132 valence electrons. The molecule has 1 fully saturated rings. The highest BCUT2D eigenvalue weighted by atomic mass is 32.2. The van der Waals surface area contributed by atoms with Gasteiger partial charge in [-0.05, 0) is 43.2 Å². The van der Waals surface area contributed by atoms with E-state index in [1.807, 2.05) is 0 Å². The van der Waals surface area contributed by atoms with E-state index in [1.54, 1.807) is 29.2 Å². The van der Waals surface area contributed by atoms with Crippen LogP contribution in [-0.2, 0) is 21.4 Å². The summed E-state index contributed by atoms with van der Waals surface area (Å²) in [7, 11) is -3.76. The molecule has 0 spiro atoms. The molecule has 0 radical (unpaired) electrons. The predicted molar refractivity (Wildman–Crippen MR) is 93.1 cm³/mol. The highest BCUT2D eigenvalue weighted by molar-refractivity contribution is 7.89. The summed E-state index contributed by atoms with van der Waals surface area (Å²) in [6, 6.07) is 12.2. The molecule has 1 saturated heterocycles. The first-order valence-corrected chi connectivity index (χ1v) is 9.59. The minimum Gasteiger partial charge on any atom is -0.312 e. The number of benzene rings is 2. The number of hydrogen-bond donors (Lipinski definition) is 1. The Labute approximate surface area is 146 Å². The van der Waals surface area contributed by atoms with Crippen LogP contribution in [0.3, 0.4) is 0 Å². The molecule has 2 aromatic rings. The molecule has 5 nitrogen and oxygen atoms in total. The van der Waals surface area contributed by atoms with Crippen LogP contribution < -0.4 is 9.62 Å². The first kappa shape index (κ1) is 17.6. The van der Waals surface area contributed by atoms with Gasteiger partial charge in [0.15, 0.2) is 0 Å². The van der Waals surface area contributed by atoms with E-state index in [2.05, 4.69) is 4.72 Å². The van der Waals surface area contributed by atoms with Crippen LogP contribution in [0.2, 0.25) is 0 Å². The molecule has 1 amide bonds. The maximum Gasteiger partial charge on any atom is 0.240 e. The maximum atomic E-state index is 13.6. The van der Waals surface area contributed by atoms with Crippen LogP contribution in [0, 0.1) is 5.82 Å². The van der Waals surface area contributed by atoms with Crippen molar-refractivity contribution in [2.75, 3.05) is 11.4 Å². The Bertz CT molecular complexity index is 866. The molecule has 0 unspecified atom stereocenters. The number of carbonyl (C=O) groups is 1. The highest BCUT2D eigenvalue weighted by Crippen LogP contribution is 2.22. The zero-order valence-corrected chi connectivity index (χ0v) is 14.4. The average Bonchev–Trinajstić information content (AvgIpc) is 2.62. The van der Waals surface area contributed by atoms with Gasteiger partial charge >= 0.3 is 0 Å². The largest absolute Gasteiger partial charge is 0.312 e. The van der Waals surface area contributed by atoms with Crippen LogP contribution >= 0.6 is 0 Å². The number of halogens is 1. The summed E-state index contributed by atoms with van der Waals surface area (Å²) >= 11 is 0. The van der Waals surface area contributed by atoms with Gasteiger partial charge in [-0.3, -0.25) is 4.79 Å². The molecule has 0 atom stereocenters. The average molecular weight is 362 g/mol. The summed E-state index contributed by atoms with van der Waals surface area (Å²) in [4.78, 5) is 13.7. The molecule has 2 aromatic carbocycles. The van der Waals surface area contributed by atoms with E-state index in [9.17, 15) is 17.6 Å². The van der Waals surface area contributed by atoms with E-state index in [-0.39, 0.29) is 22.9 Å². The topological polar surface area (TPSA) is 66.5 Å². The zero-order valence-electron chi connectivity index (χ0n) is 13.6. The Hall–Kier alpha value is -2.25. The summed E-state index contributed by atoms with van der Waals surface area (Å²) in [6.45, 7) is 0.526. The van der Waals surface area contributed by atoms with Gasteiger partial charge in [0.2, 0.25) is 15.9 Å². The normalized spacial score (nSPS) is 15.4. The zero-order chi connectivity index (χ0) is 17.9. The standard InChI is InChI=1S/C18H19FN2O3S/c19-17-6-2-1-5-14(17)13-20-25(23,24)16-10-8-15(9-11-16)21-12-4-3-7-18(21)22/h1-2,5-6,8-11,20H,3-4,7,12-13H2. The van der Waals surface area contributed by atoms with Gasteiger partial charge in [-0.1, -0.05) is 18.2 Å². The number of nitrogens with zero attached hydrogens (tertiary/aromatic N) is 1. The summed E-state index contributed by atoms with van der Waals surface area (Å²) in [5.74, 6) is -0.399. The molecule has 25 heavy (non-hydrogen) atoms. The lowest BCUT2D eigenvalue weighted by Crippen LogP contribution is -2.35. The highest BCUT2D eigenvalue weighted by Gasteiger charge is 2.21. The molecule has 1 heterocycles. The number of sulfonamides is 1. The van der Waals surface area contributed by atoms with Gasteiger partial charge in [-0.2, -0.15) is 0 Å². The molecule has 7 heteroatoms. The van der Waals surface area contributed by atoms with Crippen LogP contribution in [0.25, 0.3) is 0 Å². The molecular weight excluding hydrogens is 343 g/mol. The number of hydrogen-bond acceptors (Lipinski definition) is 3.